The van der Waals surface area contributed by atoms with E-state index in [0.29, 0.717) is 6.54 Å². The van der Waals surface area contributed by atoms with Crippen molar-refractivity contribution in [3.63, 3.8) is 0 Å². The van der Waals surface area contributed by atoms with Crippen LogP contribution in [-0.4, -0.2) is 23.6 Å². The standard InChI is InChI=1S/C17H16N4S/c1-13-19-11-6-15(12-20-13)21-14-2-4-16(5-3-14)22-17-7-9-18-10-8-17/h2-11,21H,12H2,1H3. The monoisotopic (exact) mass is 308 g/mol. The molecule has 110 valence electrons. The van der Waals surface area contributed by atoms with Gasteiger partial charge >= 0.3 is 0 Å². The van der Waals surface area contributed by atoms with Crippen LogP contribution in [0.25, 0.3) is 0 Å². The Morgan fingerprint density at radius 3 is 2.50 bits per heavy atom. The number of amidine groups is 1. The Balaban J connectivity index is 1.65. The van der Waals surface area contributed by atoms with Gasteiger partial charge in [-0.05, 0) is 49.4 Å². The van der Waals surface area contributed by atoms with Crippen LogP contribution in [-0.2, 0) is 0 Å². The van der Waals surface area contributed by atoms with Crippen molar-refractivity contribution in [1.82, 2.24) is 4.98 Å². The molecule has 5 heteroatoms. The van der Waals surface area contributed by atoms with E-state index in [1.807, 2.05) is 25.1 Å². The van der Waals surface area contributed by atoms with Crippen LogP contribution < -0.4 is 5.32 Å². The van der Waals surface area contributed by atoms with Gasteiger partial charge in [-0.3, -0.25) is 9.98 Å². The molecule has 1 aliphatic heterocycles. The number of aromatic nitrogens is 1. The Bertz CT molecular complexity index is 715. The Morgan fingerprint density at radius 2 is 1.73 bits per heavy atom. The highest BCUT2D eigenvalue weighted by molar-refractivity contribution is 7.99. The maximum atomic E-state index is 4.35. The number of benzene rings is 1. The molecule has 0 atom stereocenters. The van der Waals surface area contributed by atoms with E-state index >= 15 is 0 Å². The molecule has 0 amide bonds. The molecule has 1 aromatic carbocycles. The van der Waals surface area contributed by atoms with Gasteiger partial charge in [-0.2, -0.15) is 0 Å². The van der Waals surface area contributed by atoms with Crippen LogP contribution in [0, 0.1) is 0 Å². The number of hydrogen-bond acceptors (Lipinski definition) is 5. The van der Waals surface area contributed by atoms with Gasteiger partial charge in [0.25, 0.3) is 0 Å². The van der Waals surface area contributed by atoms with Gasteiger partial charge in [-0.1, -0.05) is 11.8 Å². The molecule has 0 bridgehead atoms. The number of nitrogens with one attached hydrogen (secondary N) is 1. The SMILES string of the molecule is CC1=NCC(Nc2ccc(Sc3ccncc3)cc2)=CC=N1. The summed E-state index contributed by atoms with van der Waals surface area (Å²) >= 11 is 1.72. The number of aliphatic imine (C=N–C) groups is 2. The zero-order valence-corrected chi connectivity index (χ0v) is 13.0. The Kier molecular flexibility index (Phi) is 4.65. The molecule has 2 aromatic rings. The third-order valence-electron chi connectivity index (χ3n) is 3.06. The van der Waals surface area contributed by atoms with Gasteiger partial charge in [-0.25, -0.2) is 4.99 Å². The van der Waals surface area contributed by atoms with Crippen molar-refractivity contribution in [2.45, 2.75) is 16.7 Å². The fraction of sp³-hybridized carbons (Fsp3) is 0.118. The Hall–Kier alpha value is -2.40. The van der Waals surface area contributed by atoms with Gasteiger partial charge < -0.3 is 5.32 Å². The minimum absolute atomic E-state index is 0.624. The van der Waals surface area contributed by atoms with Gasteiger partial charge in [0.05, 0.1) is 6.54 Å². The molecule has 1 aliphatic rings. The highest BCUT2D eigenvalue weighted by Crippen LogP contribution is 2.28. The van der Waals surface area contributed by atoms with E-state index in [2.05, 4.69) is 44.6 Å². The second-order valence-corrected chi connectivity index (χ2v) is 5.91. The fourth-order valence-electron chi connectivity index (χ4n) is 1.94. The van der Waals surface area contributed by atoms with E-state index in [0.717, 1.165) is 17.2 Å². The van der Waals surface area contributed by atoms with E-state index in [1.54, 1.807) is 30.4 Å². The van der Waals surface area contributed by atoms with E-state index in [-0.39, 0.29) is 0 Å². The Labute approximate surface area is 134 Å². The van der Waals surface area contributed by atoms with Gasteiger partial charge in [0.15, 0.2) is 0 Å². The lowest BCUT2D eigenvalue weighted by molar-refractivity contribution is 1.14. The molecule has 1 aromatic heterocycles. The lowest BCUT2D eigenvalue weighted by Crippen LogP contribution is -2.03. The predicted octanol–water partition coefficient (Wildman–Crippen LogP) is 4.03. The number of anilines is 1. The summed E-state index contributed by atoms with van der Waals surface area (Å²) in [7, 11) is 0. The van der Waals surface area contributed by atoms with Crippen LogP contribution in [0.1, 0.15) is 6.92 Å². The highest BCUT2D eigenvalue weighted by atomic mass is 32.2. The smallest absolute Gasteiger partial charge is 0.120 e. The molecule has 0 radical (unpaired) electrons. The molecular weight excluding hydrogens is 292 g/mol. The second-order valence-electron chi connectivity index (χ2n) is 4.77. The maximum absolute atomic E-state index is 4.35. The minimum Gasteiger partial charge on any atom is -0.357 e. The molecule has 3 rings (SSSR count). The predicted molar refractivity (Wildman–Crippen MR) is 93.0 cm³/mol. The lowest BCUT2D eigenvalue weighted by Gasteiger charge is -2.09. The summed E-state index contributed by atoms with van der Waals surface area (Å²) in [4.78, 5) is 14.9. The van der Waals surface area contributed by atoms with Crippen LogP contribution in [0.4, 0.5) is 5.69 Å². The summed E-state index contributed by atoms with van der Waals surface area (Å²) in [6.45, 7) is 2.53. The number of pyridine rings is 1. The average Bonchev–Trinajstić information content (AvgIpc) is 2.75. The average molecular weight is 308 g/mol. The van der Waals surface area contributed by atoms with E-state index in [9.17, 15) is 0 Å². The summed E-state index contributed by atoms with van der Waals surface area (Å²) in [6, 6.07) is 12.4. The number of hydrogen-bond donors (Lipinski definition) is 1. The molecule has 0 spiro atoms. The van der Waals surface area contributed by atoms with Crippen molar-refractivity contribution in [2.75, 3.05) is 11.9 Å². The number of allylic oxidation sites excluding steroid dienone is 1. The van der Waals surface area contributed by atoms with Crippen molar-refractivity contribution in [3.05, 3.63) is 60.6 Å². The highest BCUT2D eigenvalue weighted by Gasteiger charge is 2.01. The van der Waals surface area contributed by atoms with Gasteiger partial charge in [-0.15, -0.1) is 0 Å². The summed E-state index contributed by atoms with van der Waals surface area (Å²) in [5.41, 5.74) is 2.09. The summed E-state index contributed by atoms with van der Waals surface area (Å²) in [5, 5.41) is 3.38. The quantitative estimate of drug-likeness (QED) is 0.927. The van der Waals surface area contributed by atoms with Gasteiger partial charge in [0, 0.05) is 39.8 Å². The molecule has 1 N–H and O–H groups in total. The fourth-order valence-corrected chi connectivity index (χ4v) is 2.75. The van der Waals surface area contributed by atoms with E-state index in [1.165, 1.54) is 9.79 Å². The van der Waals surface area contributed by atoms with E-state index < -0.39 is 0 Å². The first-order valence-corrected chi connectivity index (χ1v) is 7.80. The van der Waals surface area contributed by atoms with Crippen LogP contribution in [0.3, 0.4) is 0 Å². The Morgan fingerprint density at radius 1 is 1.00 bits per heavy atom. The molecule has 0 unspecified atom stereocenters. The minimum atomic E-state index is 0.624. The summed E-state index contributed by atoms with van der Waals surface area (Å²) in [5.74, 6) is 0.803. The molecule has 2 heterocycles. The first kappa shape index (κ1) is 14.5. The first-order chi connectivity index (χ1) is 10.8. The number of nitrogens with zero attached hydrogens (tertiary/aromatic N) is 3. The molecule has 0 aliphatic carbocycles. The van der Waals surface area contributed by atoms with Crippen LogP contribution in [0.15, 0.2) is 80.3 Å². The molecule has 22 heavy (non-hydrogen) atoms. The zero-order chi connectivity index (χ0) is 15.2. The van der Waals surface area contributed by atoms with Gasteiger partial charge in [0.1, 0.15) is 5.84 Å². The third kappa shape index (κ3) is 4.05. The second kappa shape index (κ2) is 7.04. The topological polar surface area (TPSA) is 49.6 Å². The normalized spacial score (nSPS) is 14.0. The molecule has 4 nitrogen and oxygen atoms in total. The molecular formula is C17H16N4S. The maximum Gasteiger partial charge on any atom is 0.120 e. The molecule has 0 saturated carbocycles. The molecule has 0 fully saturated rings. The van der Waals surface area contributed by atoms with Crippen molar-refractivity contribution in [3.8, 4) is 0 Å². The van der Waals surface area contributed by atoms with Crippen molar-refractivity contribution < 1.29 is 0 Å². The third-order valence-corrected chi connectivity index (χ3v) is 4.08. The van der Waals surface area contributed by atoms with Crippen LogP contribution in [0.2, 0.25) is 0 Å². The first-order valence-electron chi connectivity index (χ1n) is 6.99. The zero-order valence-electron chi connectivity index (χ0n) is 12.2. The summed E-state index contributed by atoms with van der Waals surface area (Å²) < 4.78 is 0. The van der Waals surface area contributed by atoms with Gasteiger partial charge in [0.2, 0.25) is 0 Å². The summed E-state index contributed by atoms with van der Waals surface area (Å²) in [6.07, 6.45) is 7.35. The lowest BCUT2D eigenvalue weighted by atomic mass is 10.3. The van der Waals surface area contributed by atoms with Crippen molar-refractivity contribution in [1.29, 1.82) is 0 Å². The van der Waals surface area contributed by atoms with Crippen LogP contribution in [0.5, 0.6) is 0 Å². The largest absolute Gasteiger partial charge is 0.357 e. The number of rotatable bonds is 4. The van der Waals surface area contributed by atoms with Crippen LogP contribution >= 0.6 is 11.8 Å². The van der Waals surface area contributed by atoms with Crippen molar-refractivity contribution in [2.24, 2.45) is 9.98 Å². The van der Waals surface area contributed by atoms with E-state index in [4.69, 9.17) is 0 Å². The molecule has 0 saturated heterocycles. The van der Waals surface area contributed by atoms with Crippen molar-refractivity contribution >= 4 is 29.5 Å².